The van der Waals surface area contributed by atoms with E-state index in [-0.39, 0.29) is 36.3 Å². The van der Waals surface area contributed by atoms with Gasteiger partial charge >= 0.3 is 10.3 Å². The molecule has 0 amide bonds. The summed E-state index contributed by atoms with van der Waals surface area (Å²) in [6.07, 6.45) is 1.79. The lowest BCUT2D eigenvalue weighted by molar-refractivity contribution is 0.0636. The van der Waals surface area contributed by atoms with E-state index in [1.165, 1.54) is 36.5 Å². The SMILES string of the molecule is CNS(=O)(=O)O[C@@H]1C[C@H](Nc2ncncc2C(=O)c2cc([C@@H]3OCCc4ccc(Cl)cc43)cs2)C[C@@H]1O. The highest BCUT2D eigenvalue weighted by molar-refractivity contribution is 7.84. The molecule has 196 valence electrons. The van der Waals surface area contributed by atoms with Crippen LogP contribution in [0.5, 0.6) is 0 Å². The molecule has 1 aliphatic heterocycles. The van der Waals surface area contributed by atoms with Crippen LogP contribution >= 0.6 is 22.9 Å². The highest BCUT2D eigenvalue weighted by Crippen LogP contribution is 2.37. The predicted molar refractivity (Wildman–Crippen MR) is 138 cm³/mol. The molecule has 0 radical (unpaired) electrons. The van der Waals surface area contributed by atoms with Crippen molar-refractivity contribution in [3.05, 3.63) is 74.3 Å². The second-order valence-electron chi connectivity index (χ2n) is 8.88. The average molecular weight is 565 g/mol. The quantitative estimate of drug-likeness (QED) is 0.352. The van der Waals surface area contributed by atoms with E-state index in [1.807, 2.05) is 29.6 Å². The van der Waals surface area contributed by atoms with Gasteiger partial charge in [0, 0.05) is 24.3 Å². The van der Waals surface area contributed by atoms with Crippen LogP contribution in [0.1, 0.15) is 50.9 Å². The van der Waals surface area contributed by atoms with Crippen LogP contribution in [0.25, 0.3) is 0 Å². The number of ether oxygens (including phenoxy) is 1. The zero-order valence-corrected chi connectivity index (χ0v) is 22.1. The molecule has 5 rings (SSSR count). The largest absolute Gasteiger partial charge is 0.390 e. The minimum Gasteiger partial charge on any atom is -0.390 e. The molecule has 1 aliphatic carbocycles. The highest BCUT2D eigenvalue weighted by Gasteiger charge is 2.37. The van der Waals surface area contributed by atoms with Crippen molar-refractivity contribution in [3.8, 4) is 0 Å². The van der Waals surface area contributed by atoms with E-state index in [2.05, 4.69) is 20.0 Å². The minimum atomic E-state index is -3.95. The van der Waals surface area contributed by atoms with Gasteiger partial charge in [0.05, 0.1) is 23.2 Å². The molecule has 1 fully saturated rings. The van der Waals surface area contributed by atoms with Crippen LogP contribution in [0.15, 0.2) is 42.2 Å². The number of nitrogens with zero attached hydrogens (tertiary/aromatic N) is 2. The lowest BCUT2D eigenvalue weighted by atomic mass is 9.94. The lowest BCUT2D eigenvalue weighted by Crippen LogP contribution is -2.31. The summed E-state index contributed by atoms with van der Waals surface area (Å²) in [5.41, 5.74) is 3.31. The Morgan fingerprint density at radius 1 is 1.30 bits per heavy atom. The van der Waals surface area contributed by atoms with Gasteiger partial charge in [0.2, 0.25) is 5.78 Å². The molecule has 2 aromatic heterocycles. The van der Waals surface area contributed by atoms with Gasteiger partial charge in [0.15, 0.2) is 0 Å². The van der Waals surface area contributed by atoms with Crippen LogP contribution < -0.4 is 10.0 Å². The maximum Gasteiger partial charge on any atom is 0.335 e. The maximum absolute atomic E-state index is 13.5. The predicted octanol–water partition coefficient (Wildman–Crippen LogP) is 2.87. The van der Waals surface area contributed by atoms with Crippen LogP contribution in [-0.4, -0.2) is 61.2 Å². The molecule has 3 heterocycles. The summed E-state index contributed by atoms with van der Waals surface area (Å²) in [7, 11) is -2.72. The number of benzene rings is 1. The fraction of sp³-hybridized carbons (Fsp3) is 0.375. The van der Waals surface area contributed by atoms with E-state index in [0.717, 1.165) is 17.5 Å². The van der Waals surface area contributed by atoms with Gasteiger partial charge in [-0.15, -0.1) is 11.3 Å². The first-order valence-corrected chi connectivity index (χ1v) is 14.3. The zero-order chi connectivity index (χ0) is 26.2. The van der Waals surface area contributed by atoms with E-state index in [1.54, 1.807) is 0 Å². The van der Waals surface area contributed by atoms with Crippen molar-refractivity contribution in [2.24, 2.45) is 0 Å². The summed E-state index contributed by atoms with van der Waals surface area (Å²) in [5.74, 6) is 0.0425. The summed E-state index contributed by atoms with van der Waals surface area (Å²) in [4.78, 5) is 22.2. The maximum atomic E-state index is 13.5. The molecule has 1 saturated carbocycles. The number of nitrogens with one attached hydrogen (secondary N) is 2. The standard InChI is InChI=1S/C24H25ClN4O6S2/c1-26-37(32,33)35-20-9-16(8-19(20)30)29-24-18(10-27-12-28-24)22(31)21-6-14(11-36-21)23-17-7-15(25)3-2-13(17)4-5-34-23/h2-3,6-7,10-12,16,19-20,23,26,30H,4-5,8-9H2,1H3,(H,27,28,29)/t16-,19+,20-,23+/m1/s1. The molecule has 4 atom stereocenters. The molecular weight excluding hydrogens is 540 g/mol. The first-order chi connectivity index (χ1) is 17.7. The van der Waals surface area contributed by atoms with Gasteiger partial charge in [-0.1, -0.05) is 17.7 Å². The molecule has 0 unspecified atom stereocenters. The van der Waals surface area contributed by atoms with Crippen molar-refractivity contribution in [1.82, 2.24) is 14.7 Å². The first kappa shape index (κ1) is 26.2. The molecule has 13 heteroatoms. The number of aliphatic hydroxyl groups is 1. The number of carbonyl (C=O) groups excluding carboxylic acids is 1. The van der Waals surface area contributed by atoms with Crippen LogP contribution in [0.4, 0.5) is 5.82 Å². The second-order valence-corrected chi connectivity index (χ2v) is 11.7. The number of hydrogen-bond acceptors (Lipinski definition) is 10. The Bertz CT molecular complexity index is 1420. The Labute approximate surface area is 223 Å². The van der Waals surface area contributed by atoms with Gasteiger partial charge < -0.3 is 15.2 Å². The molecular formula is C24H25ClN4O6S2. The Hall–Kier alpha value is -2.45. The number of hydrogen-bond donors (Lipinski definition) is 3. The molecule has 2 aliphatic rings. The van der Waals surface area contributed by atoms with Crippen molar-refractivity contribution in [2.75, 3.05) is 19.0 Å². The normalized spacial score (nSPS) is 23.5. The molecule has 3 aromatic rings. The summed E-state index contributed by atoms with van der Waals surface area (Å²) in [6, 6.07) is 7.24. The summed E-state index contributed by atoms with van der Waals surface area (Å²) in [6.45, 7) is 0.576. The molecule has 37 heavy (non-hydrogen) atoms. The molecule has 1 aromatic carbocycles. The number of thiophene rings is 1. The van der Waals surface area contributed by atoms with Crippen LogP contribution in [0.3, 0.4) is 0 Å². The Kier molecular flexibility index (Phi) is 7.59. The molecule has 0 saturated heterocycles. The minimum absolute atomic E-state index is 0.212. The van der Waals surface area contributed by atoms with E-state index in [4.69, 9.17) is 20.5 Å². The van der Waals surface area contributed by atoms with Crippen molar-refractivity contribution in [2.45, 2.75) is 43.6 Å². The summed E-state index contributed by atoms with van der Waals surface area (Å²) >= 11 is 7.53. The number of anilines is 1. The third-order valence-corrected chi connectivity index (χ3v) is 8.65. The fourth-order valence-electron chi connectivity index (χ4n) is 4.64. The van der Waals surface area contributed by atoms with E-state index < -0.39 is 22.5 Å². The van der Waals surface area contributed by atoms with Gasteiger partial charge in [-0.3, -0.25) is 8.98 Å². The topological polar surface area (TPSA) is 140 Å². The Morgan fingerprint density at radius 2 is 2.14 bits per heavy atom. The van der Waals surface area contributed by atoms with Gasteiger partial charge in [-0.05, 0) is 59.5 Å². The van der Waals surface area contributed by atoms with E-state index >= 15 is 0 Å². The van der Waals surface area contributed by atoms with Crippen molar-refractivity contribution in [1.29, 1.82) is 0 Å². The highest BCUT2D eigenvalue weighted by atomic mass is 35.5. The number of halogens is 1. The van der Waals surface area contributed by atoms with Crippen LogP contribution in [0.2, 0.25) is 5.02 Å². The number of aliphatic hydroxyl groups excluding tert-OH is 1. The van der Waals surface area contributed by atoms with Gasteiger partial charge in [-0.2, -0.15) is 13.1 Å². The van der Waals surface area contributed by atoms with E-state index in [0.29, 0.717) is 22.3 Å². The molecule has 10 nitrogen and oxygen atoms in total. The van der Waals surface area contributed by atoms with E-state index in [9.17, 15) is 18.3 Å². The summed E-state index contributed by atoms with van der Waals surface area (Å²) < 4.78 is 36.6. The fourth-order valence-corrected chi connectivity index (χ4v) is 6.33. The second kappa shape index (κ2) is 10.7. The number of fused-ring (bicyclic) bond motifs is 1. The first-order valence-electron chi connectivity index (χ1n) is 11.6. The lowest BCUT2D eigenvalue weighted by Gasteiger charge is -2.25. The average Bonchev–Trinajstić information content (AvgIpc) is 3.50. The van der Waals surface area contributed by atoms with Crippen molar-refractivity contribution >= 4 is 44.8 Å². The molecule has 0 bridgehead atoms. The molecule has 0 spiro atoms. The number of aromatic nitrogens is 2. The number of ketones is 1. The van der Waals surface area contributed by atoms with Gasteiger partial charge in [-0.25, -0.2) is 9.97 Å². The van der Waals surface area contributed by atoms with Crippen molar-refractivity contribution in [3.63, 3.8) is 0 Å². The van der Waals surface area contributed by atoms with Gasteiger partial charge in [0.25, 0.3) is 0 Å². The Balaban J connectivity index is 1.33. The summed E-state index contributed by atoms with van der Waals surface area (Å²) in [5, 5.41) is 16.0. The van der Waals surface area contributed by atoms with Crippen LogP contribution in [-0.2, 0) is 25.6 Å². The van der Waals surface area contributed by atoms with Crippen LogP contribution in [0, 0.1) is 0 Å². The monoisotopic (exact) mass is 564 g/mol. The molecule has 3 N–H and O–H groups in total. The third-order valence-electron chi connectivity index (χ3n) is 6.46. The van der Waals surface area contributed by atoms with Crippen molar-refractivity contribution < 1.29 is 27.2 Å². The van der Waals surface area contributed by atoms with Gasteiger partial charge in [0.1, 0.15) is 24.4 Å². The third kappa shape index (κ3) is 5.70. The number of rotatable bonds is 8. The number of carbonyl (C=O) groups is 1. The smallest absolute Gasteiger partial charge is 0.335 e. The Morgan fingerprint density at radius 3 is 2.95 bits per heavy atom. The zero-order valence-electron chi connectivity index (χ0n) is 19.8.